The highest BCUT2D eigenvalue weighted by Gasteiger charge is 2.33. The molecular weight excluding hydrogens is 391 g/mol. The van der Waals surface area contributed by atoms with Crippen LogP contribution in [0.5, 0.6) is 0 Å². The Kier molecular flexibility index (Phi) is 7.24. The van der Waals surface area contributed by atoms with Gasteiger partial charge in [0.05, 0.1) is 17.3 Å². The standard InChI is InChI=1S/C14H22F3N5O2S2/c1-2-18-13(20-6-8-22-7-3-9-26(22,23)24)19-5-4-12-21-11(10-25-12)14(15,16)17/h10H,2-9H2,1H3,(H2,18,19,20). The number of sulfonamides is 1. The molecule has 0 aromatic carbocycles. The number of halogens is 3. The minimum absolute atomic E-state index is 0.183. The first-order chi connectivity index (χ1) is 12.2. The summed E-state index contributed by atoms with van der Waals surface area (Å²) in [6.07, 6.45) is -3.45. The first-order valence-electron chi connectivity index (χ1n) is 8.24. The van der Waals surface area contributed by atoms with Crippen LogP contribution < -0.4 is 10.6 Å². The van der Waals surface area contributed by atoms with Gasteiger partial charge in [-0.3, -0.25) is 4.99 Å². The number of alkyl halides is 3. The first kappa shape index (κ1) is 20.9. The van der Waals surface area contributed by atoms with E-state index in [1.807, 2.05) is 6.92 Å². The molecule has 148 valence electrons. The van der Waals surface area contributed by atoms with E-state index in [-0.39, 0.29) is 5.75 Å². The van der Waals surface area contributed by atoms with Crippen molar-refractivity contribution in [1.82, 2.24) is 19.9 Å². The Morgan fingerprint density at radius 1 is 1.42 bits per heavy atom. The zero-order valence-electron chi connectivity index (χ0n) is 14.3. The maximum absolute atomic E-state index is 12.5. The number of hydrogen-bond donors (Lipinski definition) is 2. The Bertz CT molecular complexity index is 718. The zero-order valence-corrected chi connectivity index (χ0v) is 16.0. The Balaban J connectivity index is 1.81. The fourth-order valence-electron chi connectivity index (χ4n) is 2.40. The minimum Gasteiger partial charge on any atom is -0.357 e. The van der Waals surface area contributed by atoms with Crippen LogP contribution in [0.15, 0.2) is 10.4 Å². The van der Waals surface area contributed by atoms with Gasteiger partial charge in [-0.1, -0.05) is 0 Å². The number of hydrogen-bond acceptors (Lipinski definition) is 5. The SMILES string of the molecule is CCNC(=NCCN1CCCS1(=O)=O)NCCc1nc(C(F)(F)F)cs1. The van der Waals surface area contributed by atoms with Gasteiger partial charge >= 0.3 is 6.18 Å². The van der Waals surface area contributed by atoms with Crippen LogP contribution >= 0.6 is 11.3 Å². The van der Waals surface area contributed by atoms with Crippen LogP contribution in [0.25, 0.3) is 0 Å². The summed E-state index contributed by atoms with van der Waals surface area (Å²) >= 11 is 0.971. The molecule has 2 rings (SSSR count). The predicted octanol–water partition coefficient (Wildman–Crippen LogP) is 1.29. The Hall–Kier alpha value is -1.40. The lowest BCUT2D eigenvalue weighted by Gasteiger charge is -2.14. The predicted molar refractivity (Wildman–Crippen MR) is 94.8 cm³/mol. The summed E-state index contributed by atoms with van der Waals surface area (Å²) in [5, 5.41) is 7.44. The molecule has 1 fully saturated rings. The Labute approximate surface area is 154 Å². The van der Waals surface area contributed by atoms with Gasteiger partial charge in [-0.25, -0.2) is 17.7 Å². The third kappa shape index (κ3) is 6.09. The van der Waals surface area contributed by atoms with Crippen molar-refractivity contribution in [1.29, 1.82) is 0 Å². The number of nitrogens with one attached hydrogen (secondary N) is 2. The lowest BCUT2D eigenvalue weighted by Crippen LogP contribution is -2.39. The molecule has 2 N–H and O–H groups in total. The van der Waals surface area contributed by atoms with Crippen molar-refractivity contribution in [2.75, 3.05) is 38.5 Å². The van der Waals surface area contributed by atoms with Gasteiger partial charge < -0.3 is 10.6 Å². The highest BCUT2D eigenvalue weighted by molar-refractivity contribution is 7.89. The molecule has 7 nitrogen and oxygen atoms in total. The van der Waals surface area contributed by atoms with Crippen molar-refractivity contribution in [3.63, 3.8) is 0 Å². The number of aliphatic imine (C=N–C) groups is 1. The molecule has 0 saturated carbocycles. The van der Waals surface area contributed by atoms with E-state index < -0.39 is 21.9 Å². The van der Waals surface area contributed by atoms with E-state index in [9.17, 15) is 21.6 Å². The summed E-state index contributed by atoms with van der Waals surface area (Å²) in [5.74, 6) is 0.680. The van der Waals surface area contributed by atoms with Crippen molar-refractivity contribution in [3.05, 3.63) is 16.1 Å². The van der Waals surface area contributed by atoms with Crippen molar-refractivity contribution < 1.29 is 21.6 Å². The van der Waals surface area contributed by atoms with E-state index in [0.717, 1.165) is 16.7 Å². The van der Waals surface area contributed by atoms with Crippen molar-refractivity contribution >= 4 is 27.3 Å². The first-order valence-corrected chi connectivity index (χ1v) is 10.7. The van der Waals surface area contributed by atoms with E-state index in [1.54, 1.807) is 0 Å². The van der Waals surface area contributed by atoms with E-state index in [2.05, 4.69) is 20.6 Å². The van der Waals surface area contributed by atoms with Gasteiger partial charge in [-0.05, 0) is 13.3 Å². The van der Waals surface area contributed by atoms with Gasteiger partial charge in [0.15, 0.2) is 11.7 Å². The van der Waals surface area contributed by atoms with Gasteiger partial charge in [-0.15, -0.1) is 11.3 Å². The van der Waals surface area contributed by atoms with E-state index >= 15 is 0 Å². The second-order valence-corrected chi connectivity index (χ2v) is 8.66. The third-order valence-electron chi connectivity index (χ3n) is 3.64. The molecule has 1 aliphatic rings. The molecule has 26 heavy (non-hydrogen) atoms. The molecule has 0 atom stereocenters. The van der Waals surface area contributed by atoms with Gasteiger partial charge in [0.1, 0.15) is 0 Å². The average molecular weight is 413 g/mol. The van der Waals surface area contributed by atoms with Crippen LogP contribution in [0.3, 0.4) is 0 Å². The average Bonchev–Trinajstić information content (AvgIpc) is 3.14. The Morgan fingerprint density at radius 2 is 2.19 bits per heavy atom. The third-order valence-corrected chi connectivity index (χ3v) is 6.51. The summed E-state index contributed by atoms with van der Waals surface area (Å²) in [5.41, 5.74) is -0.870. The fraction of sp³-hybridized carbons (Fsp3) is 0.714. The molecule has 12 heteroatoms. The number of thiazole rings is 1. The topological polar surface area (TPSA) is 86.7 Å². The number of rotatable bonds is 7. The smallest absolute Gasteiger partial charge is 0.357 e. The Morgan fingerprint density at radius 3 is 2.77 bits per heavy atom. The van der Waals surface area contributed by atoms with Crippen molar-refractivity contribution in [3.8, 4) is 0 Å². The summed E-state index contributed by atoms with van der Waals surface area (Å²) in [7, 11) is -3.14. The van der Waals surface area contributed by atoms with Crippen molar-refractivity contribution in [2.45, 2.75) is 25.9 Å². The minimum atomic E-state index is -4.42. The molecule has 2 heterocycles. The van der Waals surface area contributed by atoms with Crippen LogP contribution in [0.2, 0.25) is 0 Å². The highest BCUT2D eigenvalue weighted by Crippen LogP contribution is 2.29. The number of guanidine groups is 1. The molecule has 1 saturated heterocycles. The van der Waals surface area contributed by atoms with Crippen LogP contribution in [0.4, 0.5) is 13.2 Å². The van der Waals surface area contributed by atoms with Gasteiger partial charge in [0.2, 0.25) is 10.0 Å². The molecule has 0 unspecified atom stereocenters. The molecule has 0 aliphatic carbocycles. The molecule has 0 amide bonds. The zero-order chi connectivity index (χ0) is 19.2. The lowest BCUT2D eigenvalue weighted by molar-refractivity contribution is -0.140. The fourth-order valence-corrected chi connectivity index (χ4v) is 4.73. The molecule has 0 spiro atoms. The molecule has 1 aromatic heterocycles. The quantitative estimate of drug-likeness (QED) is 0.520. The van der Waals surface area contributed by atoms with Crippen LogP contribution in [0, 0.1) is 0 Å². The normalized spacial score (nSPS) is 18.2. The molecular formula is C14H22F3N5O2S2. The van der Waals surface area contributed by atoms with Crippen LogP contribution in [-0.2, 0) is 22.6 Å². The summed E-state index contributed by atoms with van der Waals surface area (Å²) in [4.78, 5) is 7.88. The van der Waals surface area contributed by atoms with Crippen LogP contribution in [-0.4, -0.2) is 62.1 Å². The van der Waals surface area contributed by atoms with Gasteiger partial charge in [-0.2, -0.15) is 13.2 Å². The summed E-state index contributed by atoms with van der Waals surface area (Å²) < 4.78 is 62.5. The molecule has 0 bridgehead atoms. The number of nitrogens with zero attached hydrogens (tertiary/aromatic N) is 3. The van der Waals surface area contributed by atoms with E-state index in [4.69, 9.17) is 0 Å². The van der Waals surface area contributed by atoms with E-state index in [1.165, 1.54) is 4.31 Å². The van der Waals surface area contributed by atoms with E-state index in [0.29, 0.717) is 56.5 Å². The summed E-state index contributed by atoms with van der Waals surface area (Å²) in [6.45, 7) is 4.03. The second kappa shape index (κ2) is 9.00. The summed E-state index contributed by atoms with van der Waals surface area (Å²) in [6, 6.07) is 0. The number of aromatic nitrogens is 1. The monoisotopic (exact) mass is 413 g/mol. The second-order valence-electron chi connectivity index (χ2n) is 5.63. The van der Waals surface area contributed by atoms with Crippen molar-refractivity contribution in [2.24, 2.45) is 4.99 Å². The lowest BCUT2D eigenvalue weighted by atomic mass is 10.4. The molecule has 1 aromatic rings. The van der Waals surface area contributed by atoms with Gasteiger partial charge in [0, 0.05) is 38.0 Å². The maximum Gasteiger partial charge on any atom is 0.434 e. The van der Waals surface area contributed by atoms with Crippen LogP contribution in [0.1, 0.15) is 24.0 Å². The largest absolute Gasteiger partial charge is 0.434 e. The maximum atomic E-state index is 12.5. The molecule has 0 radical (unpaired) electrons. The molecule has 1 aliphatic heterocycles. The van der Waals surface area contributed by atoms with Gasteiger partial charge in [0.25, 0.3) is 0 Å². The highest BCUT2D eigenvalue weighted by atomic mass is 32.2.